The van der Waals surface area contributed by atoms with Gasteiger partial charge in [0.2, 0.25) is 0 Å². The van der Waals surface area contributed by atoms with Crippen molar-refractivity contribution in [3.63, 3.8) is 0 Å². The van der Waals surface area contributed by atoms with Crippen molar-refractivity contribution in [3.05, 3.63) is 33.3 Å². The lowest BCUT2D eigenvalue weighted by molar-refractivity contribution is 0.116. The first-order valence-electron chi connectivity index (χ1n) is 4.45. The number of hydrogen-bond acceptors (Lipinski definition) is 2. The van der Waals surface area contributed by atoms with Crippen LogP contribution >= 0.6 is 27.5 Å². The number of benzene rings is 1. The van der Waals surface area contributed by atoms with Crippen molar-refractivity contribution in [3.8, 4) is 0 Å². The molecule has 2 N–H and O–H groups in total. The second-order valence-electron chi connectivity index (χ2n) is 3.72. The Hall–Kier alpha value is -0.0900. The minimum absolute atomic E-state index is 0.141. The van der Waals surface area contributed by atoms with E-state index in [1.807, 2.05) is 18.2 Å². The summed E-state index contributed by atoms with van der Waals surface area (Å²) in [6, 6.07) is 5.99. The normalized spacial score (nSPS) is 18.2. The standard InChI is InChI=1S/C10H11BrClNO/c11-8-5-7(1-2-9(8)12)10(3-4-10)6-14-13/h1-2,5H,3-4,6,13H2. The van der Waals surface area contributed by atoms with E-state index in [-0.39, 0.29) is 5.41 Å². The molecule has 1 aliphatic carbocycles. The maximum Gasteiger partial charge on any atom is 0.0775 e. The van der Waals surface area contributed by atoms with Crippen molar-refractivity contribution in [2.75, 3.05) is 6.61 Å². The monoisotopic (exact) mass is 275 g/mol. The van der Waals surface area contributed by atoms with Gasteiger partial charge in [-0.1, -0.05) is 17.7 Å². The summed E-state index contributed by atoms with van der Waals surface area (Å²) in [7, 11) is 0. The van der Waals surface area contributed by atoms with Gasteiger partial charge in [-0.3, -0.25) is 0 Å². The zero-order valence-corrected chi connectivity index (χ0v) is 9.94. The fourth-order valence-corrected chi connectivity index (χ4v) is 2.15. The van der Waals surface area contributed by atoms with E-state index in [2.05, 4.69) is 15.9 Å². The van der Waals surface area contributed by atoms with E-state index in [4.69, 9.17) is 22.3 Å². The molecule has 14 heavy (non-hydrogen) atoms. The molecule has 0 aromatic heterocycles. The van der Waals surface area contributed by atoms with Crippen LogP contribution in [0.4, 0.5) is 0 Å². The predicted octanol–water partition coefficient (Wildman–Crippen LogP) is 3.02. The minimum Gasteiger partial charge on any atom is -0.304 e. The summed E-state index contributed by atoms with van der Waals surface area (Å²) in [4.78, 5) is 4.75. The molecule has 1 aromatic rings. The van der Waals surface area contributed by atoms with Crippen LogP contribution in [-0.2, 0) is 10.3 Å². The van der Waals surface area contributed by atoms with Gasteiger partial charge in [0.15, 0.2) is 0 Å². The van der Waals surface area contributed by atoms with Crippen LogP contribution in [0.25, 0.3) is 0 Å². The van der Waals surface area contributed by atoms with E-state index < -0.39 is 0 Å². The van der Waals surface area contributed by atoms with Crippen LogP contribution < -0.4 is 5.90 Å². The first-order valence-corrected chi connectivity index (χ1v) is 5.62. The van der Waals surface area contributed by atoms with Crippen LogP contribution in [0.2, 0.25) is 5.02 Å². The molecule has 0 aliphatic heterocycles. The Labute approximate surface area is 96.5 Å². The Balaban J connectivity index is 2.28. The smallest absolute Gasteiger partial charge is 0.0775 e. The van der Waals surface area contributed by atoms with Crippen LogP contribution in [0, 0.1) is 0 Å². The molecule has 0 bridgehead atoms. The molecule has 76 valence electrons. The van der Waals surface area contributed by atoms with E-state index in [0.717, 1.165) is 22.3 Å². The maximum absolute atomic E-state index is 5.93. The number of nitrogens with two attached hydrogens (primary N) is 1. The van der Waals surface area contributed by atoms with Gasteiger partial charge in [-0.2, -0.15) is 0 Å². The van der Waals surface area contributed by atoms with E-state index in [1.54, 1.807) is 0 Å². The quantitative estimate of drug-likeness (QED) is 0.861. The van der Waals surface area contributed by atoms with Crippen LogP contribution in [0.5, 0.6) is 0 Å². The molecular formula is C10H11BrClNO. The fraction of sp³-hybridized carbons (Fsp3) is 0.400. The van der Waals surface area contributed by atoms with Crippen LogP contribution in [0.3, 0.4) is 0 Å². The van der Waals surface area contributed by atoms with E-state index in [9.17, 15) is 0 Å². The average Bonchev–Trinajstić information content (AvgIpc) is 2.91. The highest BCUT2D eigenvalue weighted by atomic mass is 79.9. The molecule has 2 rings (SSSR count). The molecular weight excluding hydrogens is 265 g/mol. The average molecular weight is 277 g/mol. The van der Waals surface area contributed by atoms with Crippen molar-refractivity contribution in [1.29, 1.82) is 0 Å². The van der Waals surface area contributed by atoms with Gasteiger partial charge in [0.05, 0.1) is 11.6 Å². The van der Waals surface area contributed by atoms with E-state index >= 15 is 0 Å². The second kappa shape index (κ2) is 3.81. The summed E-state index contributed by atoms with van der Waals surface area (Å²) < 4.78 is 0.931. The molecule has 0 unspecified atom stereocenters. The molecule has 0 atom stereocenters. The first kappa shape index (κ1) is 10.4. The highest BCUT2D eigenvalue weighted by Crippen LogP contribution is 2.49. The zero-order chi connectivity index (χ0) is 10.2. The lowest BCUT2D eigenvalue weighted by Crippen LogP contribution is -2.17. The van der Waals surface area contributed by atoms with Gasteiger partial charge in [-0.15, -0.1) is 0 Å². The Bertz CT molecular complexity index is 352. The number of hydrogen-bond donors (Lipinski definition) is 1. The summed E-state index contributed by atoms with van der Waals surface area (Å²) in [5.74, 6) is 5.12. The molecule has 1 aliphatic rings. The molecule has 0 amide bonds. The lowest BCUT2D eigenvalue weighted by atomic mass is 9.97. The van der Waals surface area contributed by atoms with Crippen molar-refractivity contribution < 1.29 is 4.84 Å². The van der Waals surface area contributed by atoms with Crippen LogP contribution in [-0.4, -0.2) is 6.61 Å². The first-order chi connectivity index (χ1) is 6.68. The third kappa shape index (κ3) is 1.82. The molecule has 0 heterocycles. The number of rotatable bonds is 3. The molecule has 1 aromatic carbocycles. The van der Waals surface area contributed by atoms with Gasteiger partial charge in [0, 0.05) is 9.89 Å². The highest BCUT2D eigenvalue weighted by molar-refractivity contribution is 9.10. The molecule has 1 saturated carbocycles. The van der Waals surface area contributed by atoms with Gasteiger partial charge >= 0.3 is 0 Å². The molecule has 1 fully saturated rings. The van der Waals surface area contributed by atoms with Crippen molar-refractivity contribution in [2.45, 2.75) is 18.3 Å². The van der Waals surface area contributed by atoms with Gasteiger partial charge in [0.1, 0.15) is 0 Å². The van der Waals surface area contributed by atoms with Crippen molar-refractivity contribution >= 4 is 27.5 Å². The van der Waals surface area contributed by atoms with Crippen LogP contribution in [0.15, 0.2) is 22.7 Å². The van der Waals surface area contributed by atoms with Gasteiger partial charge in [-0.25, -0.2) is 5.90 Å². The summed E-state index contributed by atoms with van der Waals surface area (Å²) in [6.07, 6.45) is 2.27. The molecule has 0 saturated heterocycles. The molecule has 2 nitrogen and oxygen atoms in total. The Morgan fingerprint density at radius 1 is 1.50 bits per heavy atom. The van der Waals surface area contributed by atoms with Crippen LogP contribution in [0.1, 0.15) is 18.4 Å². The maximum atomic E-state index is 5.93. The molecule has 0 radical (unpaired) electrons. The topological polar surface area (TPSA) is 35.2 Å². The van der Waals surface area contributed by atoms with E-state index in [1.165, 1.54) is 5.56 Å². The lowest BCUT2D eigenvalue weighted by Gasteiger charge is -2.14. The van der Waals surface area contributed by atoms with Gasteiger partial charge < -0.3 is 4.84 Å². The predicted molar refractivity (Wildman–Crippen MR) is 60.2 cm³/mol. The van der Waals surface area contributed by atoms with Crippen molar-refractivity contribution in [2.24, 2.45) is 5.90 Å². The Morgan fingerprint density at radius 2 is 2.21 bits per heavy atom. The Kier molecular flexibility index (Phi) is 2.84. The largest absolute Gasteiger partial charge is 0.304 e. The second-order valence-corrected chi connectivity index (χ2v) is 4.98. The molecule has 4 heteroatoms. The van der Waals surface area contributed by atoms with Gasteiger partial charge in [0.25, 0.3) is 0 Å². The fourth-order valence-electron chi connectivity index (χ4n) is 1.65. The zero-order valence-electron chi connectivity index (χ0n) is 7.59. The Morgan fingerprint density at radius 3 is 2.71 bits per heavy atom. The SMILES string of the molecule is NOCC1(c2ccc(Cl)c(Br)c2)CC1. The summed E-state index contributed by atoms with van der Waals surface area (Å²) in [5.41, 5.74) is 1.39. The summed E-state index contributed by atoms with van der Waals surface area (Å²) >= 11 is 9.34. The minimum atomic E-state index is 0.141. The van der Waals surface area contributed by atoms with Crippen molar-refractivity contribution in [1.82, 2.24) is 0 Å². The summed E-state index contributed by atoms with van der Waals surface area (Å²) in [6.45, 7) is 0.584. The van der Waals surface area contributed by atoms with Gasteiger partial charge in [-0.05, 0) is 46.5 Å². The molecule has 0 spiro atoms. The van der Waals surface area contributed by atoms with E-state index in [0.29, 0.717) is 6.61 Å². The highest BCUT2D eigenvalue weighted by Gasteiger charge is 2.44. The number of halogens is 2. The third-order valence-electron chi connectivity index (χ3n) is 2.75. The summed E-state index contributed by atoms with van der Waals surface area (Å²) in [5, 5.41) is 0.734. The third-order valence-corrected chi connectivity index (χ3v) is 3.96.